The number of hydrogen-bond acceptors (Lipinski definition) is 5. The molecule has 0 aliphatic carbocycles. The lowest BCUT2D eigenvalue weighted by Crippen LogP contribution is -2.02. The van der Waals surface area contributed by atoms with E-state index in [1.807, 2.05) is 48.5 Å². The molecule has 5 nitrogen and oxygen atoms in total. The van der Waals surface area contributed by atoms with Gasteiger partial charge in [0.05, 0.1) is 12.7 Å². The Morgan fingerprint density at radius 1 is 0.958 bits per heavy atom. The van der Waals surface area contributed by atoms with Crippen molar-refractivity contribution in [2.45, 2.75) is 12.8 Å². The largest absolute Gasteiger partial charge is 0.496 e. The smallest absolute Gasteiger partial charge is 0.227 e. The second-order valence-electron chi connectivity index (χ2n) is 5.54. The van der Waals surface area contributed by atoms with Crippen LogP contribution in [0.2, 0.25) is 0 Å². The molecular weight excluding hydrogens is 302 g/mol. The molecule has 0 saturated carbocycles. The minimum absolute atomic E-state index is 0.593. The van der Waals surface area contributed by atoms with Gasteiger partial charge in [0.25, 0.3) is 0 Å². The summed E-state index contributed by atoms with van der Waals surface area (Å²) in [5.74, 6) is 3.00. The van der Waals surface area contributed by atoms with Crippen molar-refractivity contribution in [2.75, 3.05) is 12.4 Å². The molecule has 0 spiro atoms. The summed E-state index contributed by atoms with van der Waals surface area (Å²) in [4.78, 5) is 8.72. The molecule has 0 bridgehead atoms. The Morgan fingerprint density at radius 3 is 2.62 bits per heavy atom. The van der Waals surface area contributed by atoms with E-state index in [1.165, 1.54) is 6.33 Å². The monoisotopic (exact) mass is 319 g/mol. The number of fused-ring (bicyclic) bond motifs is 2. The molecular formula is C19H17N3O2. The van der Waals surface area contributed by atoms with E-state index in [1.54, 1.807) is 7.11 Å². The summed E-state index contributed by atoms with van der Waals surface area (Å²) < 4.78 is 11.5. The van der Waals surface area contributed by atoms with Gasteiger partial charge in [0, 0.05) is 11.3 Å². The van der Waals surface area contributed by atoms with Crippen molar-refractivity contribution in [3.8, 4) is 17.4 Å². The molecule has 24 heavy (non-hydrogen) atoms. The first-order chi connectivity index (χ1) is 11.8. The zero-order chi connectivity index (χ0) is 16.4. The second-order valence-corrected chi connectivity index (χ2v) is 5.54. The number of nitrogens with zero attached hydrogens (tertiary/aromatic N) is 2. The predicted octanol–water partition coefficient (Wildman–Crippen LogP) is 4.12. The number of ether oxygens (including phenoxy) is 2. The lowest BCUT2D eigenvalue weighted by atomic mass is 10.0. The van der Waals surface area contributed by atoms with Crippen LogP contribution in [0.15, 0.2) is 54.9 Å². The average molecular weight is 319 g/mol. The topological polar surface area (TPSA) is 56.3 Å². The van der Waals surface area contributed by atoms with Crippen molar-refractivity contribution < 1.29 is 9.47 Å². The van der Waals surface area contributed by atoms with E-state index in [0.717, 1.165) is 47.0 Å². The van der Waals surface area contributed by atoms with Gasteiger partial charge in [-0.25, -0.2) is 9.97 Å². The molecule has 120 valence electrons. The third-order valence-corrected chi connectivity index (χ3v) is 4.08. The molecule has 1 N–H and O–H groups in total. The second kappa shape index (κ2) is 6.20. The fourth-order valence-electron chi connectivity index (χ4n) is 2.91. The maximum Gasteiger partial charge on any atom is 0.227 e. The van der Waals surface area contributed by atoms with Crippen molar-refractivity contribution in [1.29, 1.82) is 0 Å². The highest BCUT2D eigenvalue weighted by Crippen LogP contribution is 2.38. The van der Waals surface area contributed by atoms with Crippen LogP contribution >= 0.6 is 0 Å². The van der Waals surface area contributed by atoms with Crippen molar-refractivity contribution >= 4 is 11.5 Å². The Morgan fingerprint density at radius 2 is 1.79 bits per heavy atom. The Labute approximate surface area is 140 Å². The Bertz CT molecular complexity index is 866. The van der Waals surface area contributed by atoms with Crippen LogP contribution in [0.5, 0.6) is 17.4 Å². The number of aromatic nitrogens is 2. The van der Waals surface area contributed by atoms with Gasteiger partial charge >= 0.3 is 0 Å². The molecule has 0 unspecified atom stereocenters. The molecule has 2 aromatic carbocycles. The first-order valence-corrected chi connectivity index (χ1v) is 7.85. The summed E-state index contributed by atoms with van der Waals surface area (Å²) in [6, 6.07) is 15.8. The molecule has 1 aromatic heterocycles. The van der Waals surface area contributed by atoms with Crippen LogP contribution in [0.4, 0.5) is 11.5 Å². The van der Waals surface area contributed by atoms with Gasteiger partial charge in [0.15, 0.2) is 0 Å². The third kappa shape index (κ3) is 2.65. The fourth-order valence-corrected chi connectivity index (χ4v) is 2.91. The molecule has 5 heteroatoms. The molecule has 1 aliphatic heterocycles. The summed E-state index contributed by atoms with van der Waals surface area (Å²) >= 11 is 0. The van der Waals surface area contributed by atoms with Crippen LogP contribution < -0.4 is 14.8 Å². The predicted molar refractivity (Wildman–Crippen MR) is 92.2 cm³/mol. The third-order valence-electron chi connectivity index (χ3n) is 4.08. The molecule has 1 aliphatic rings. The van der Waals surface area contributed by atoms with Crippen LogP contribution in [0, 0.1) is 0 Å². The van der Waals surface area contributed by atoms with Crippen molar-refractivity contribution in [3.05, 3.63) is 66.0 Å². The van der Waals surface area contributed by atoms with Crippen LogP contribution in [0.3, 0.4) is 0 Å². The molecule has 3 aromatic rings. The Hall–Kier alpha value is -3.08. The van der Waals surface area contributed by atoms with Crippen LogP contribution in [-0.2, 0) is 12.8 Å². The van der Waals surface area contributed by atoms with Gasteiger partial charge in [0.2, 0.25) is 5.88 Å². The molecule has 2 heterocycles. The molecule has 0 amide bonds. The van der Waals surface area contributed by atoms with E-state index < -0.39 is 0 Å². The molecule has 0 saturated heterocycles. The number of anilines is 2. The number of benzene rings is 2. The van der Waals surface area contributed by atoms with Crippen LogP contribution in [-0.4, -0.2) is 17.1 Å². The molecule has 0 fully saturated rings. The molecule has 0 atom stereocenters. The molecule has 0 radical (unpaired) electrons. The first-order valence-electron chi connectivity index (χ1n) is 7.85. The Kier molecular flexibility index (Phi) is 3.75. The van der Waals surface area contributed by atoms with Crippen molar-refractivity contribution in [3.63, 3.8) is 0 Å². The maximum atomic E-state index is 6.05. The van der Waals surface area contributed by atoms with Gasteiger partial charge in [-0.15, -0.1) is 0 Å². The van der Waals surface area contributed by atoms with Gasteiger partial charge in [-0.2, -0.15) is 0 Å². The number of nitrogens with one attached hydrogen (secondary N) is 1. The number of methoxy groups -OCH3 is 1. The number of para-hydroxylation sites is 1. The lowest BCUT2D eigenvalue weighted by Gasteiger charge is -2.12. The average Bonchev–Trinajstić information content (AvgIpc) is 2.82. The summed E-state index contributed by atoms with van der Waals surface area (Å²) in [5.41, 5.74) is 3.01. The van der Waals surface area contributed by atoms with E-state index in [0.29, 0.717) is 5.88 Å². The quantitative estimate of drug-likeness (QED) is 0.787. The summed E-state index contributed by atoms with van der Waals surface area (Å²) in [5, 5.41) is 3.35. The normalized spacial score (nSPS) is 12.4. The Balaban J connectivity index is 1.71. The minimum Gasteiger partial charge on any atom is -0.496 e. The van der Waals surface area contributed by atoms with Gasteiger partial charge in [-0.3, -0.25) is 0 Å². The highest BCUT2D eigenvalue weighted by atomic mass is 16.5. The maximum absolute atomic E-state index is 6.05. The highest BCUT2D eigenvalue weighted by Gasteiger charge is 2.21. The van der Waals surface area contributed by atoms with Gasteiger partial charge in [-0.05, 0) is 37.1 Å². The number of hydrogen-bond donors (Lipinski definition) is 1. The zero-order valence-corrected chi connectivity index (χ0v) is 13.3. The highest BCUT2D eigenvalue weighted by molar-refractivity contribution is 5.62. The van der Waals surface area contributed by atoms with E-state index in [4.69, 9.17) is 9.47 Å². The minimum atomic E-state index is 0.593. The van der Waals surface area contributed by atoms with Gasteiger partial charge < -0.3 is 14.8 Å². The number of rotatable bonds is 3. The lowest BCUT2D eigenvalue weighted by molar-refractivity contribution is 0.402. The van der Waals surface area contributed by atoms with E-state index in [9.17, 15) is 0 Å². The van der Waals surface area contributed by atoms with Gasteiger partial charge in [0.1, 0.15) is 23.6 Å². The first kappa shape index (κ1) is 14.5. The fraction of sp³-hybridized carbons (Fsp3) is 0.158. The van der Waals surface area contributed by atoms with Crippen molar-refractivity contribution in [2.24, 2.45) is 0 Å². The zero-order valence-electron chi connectivity index (χ0n) is 13.3. The van der Waals surface area contributed by atoms with Crippen LogP contribution in [0.1, 0.15) is 11.1 Å². The van der Waals surface area contributed by atoms with Gasteiger partial charge in [-0.1, -0.05) is 24.3 Å². The molecule has 4 rings (SSSR count). The van der Waals surface area contributed by atoms with E-state index in [-0.39, 0.29) is 0 Å². The van der Waals surface area contributed by atoms with E-state index >= 15 is 0 Å². The standard InChI is InChI=1S/C19H17N3O2/c1-23-16-8-5-9-17-14(16)10-11-15-18(20-12-21-19(15)24-17)22-13-6-3-2-4-7-13/h2-9,12H,10-11H2,1H3,(H,20,21,22). The van der Waals surface area contributed by atoms with Crippen molar-refractivity contribution in [1.82, 2.24) is 9.97 Å². The summed E-state index contributed by atoms with van der Waals surface area (Å²) in [7, 11) is 1.68. The SMILES string of the molecule is COc1cccc2c1CCc1c(Nc3ccccc3)ncnc1O2. The summed E-state index contributed by atoms with van der Waals surface area (Å²) in [6.45, 7) is 0. The van der Waals surface area contributed by atoms with E-state index in [2.05, 4.69) is 15.3 Å². The van der Waals surface area contributed by atoms with Crippen LogP contribution in [0.25, 0.3) is 0 Å². The summed E-state index contributed by atoms with van der Waals surface area (Å²) in [6.07, 6.45) is 3.11.